The normalized spacial score (nSPS) is 25.9. The highest BCUT2D eigenvalue weighted by atomic mass is 15.2. The van der Waals surface area contributed by atoms with E-state index in [9.17, 15) is 0 Å². The molecule has 3 nitrogen and oxygen atoms in total. The first-order chi connectivity index (χ1) is 8.79. The van der Waals surface area contributed by atoms with Gasteiger partial charge < -0.3 is 5.32 Å². The minimum atomic E-state index is 0.654. The summed E-state index contributed by atoms with van der Waals surface area (Å²) >= 11 is 0. The molecule has 1 fully saturated rings. The molecule has 1 aliphatic heterocycles. The second kappa shape index (κ2) is 6.86. The maximum atomic E-state index is 4.09. The molecule has 1 N–H and O–H groups in total. The van der Waals surface area contributed by atoms with Crippen LogP contribution >= 0.6 is 0 Å². The SMILES string of the molecule is CCCC1CN(Cc2ccncc2)C(C)CCN1. The van der Waals surface area contributed by atoms with Crippen molar-refractivity contribution in [2.24, 2.45) is 0 Å². The molecular weight excluding hydrogens is 222 g/mol. The van der Waals surface area contributed by atoms with Gasteiger partial charge in [0.25, 0.3) is 0 Å². The van der Waals surface area contributed by atoms with Gasteiger partial charge in [0.2, 0.25) is 0 Å². The summed E-state index contributed by atoms with van der Waals surface area (Å²) in [6, 6.07) is 5.56. The molecule has 0 spiro atoms. The quantitative estimate of drug-likeness (QED) is 0.885. The van der Waals surface area contributed by atoms with E-state index in [1.165, 1.54) is 24.8 Å². The number of hydrogen-bond acceptors (Lipinski definition) is 3. The molecule has 100 valence electrons. The van der Waals surface area contributed by atoms with E-state index in [2.05, 4.69) is 41.2 Å². The summed E-state index contributed by atoms with van der Waals surface area (Å²) in [6.07, 6.45) is 7.55. The number of nitrogens with one attached hydrogen (secondary N) is 1. The Morgan fingerprint density at radius 2 is 2.17 bits per heavy atom. The number of pyridine rings is 1. The van der Waals surface area contributed by atoms with Gasteiger partial charge >= 0.3 is 0 Å². The molecule has 2 atom stereocenters. The van der Waals surface area contributed by atoms with E-state index in [-0.39, 0.29) is 0 Å². The number of hydrogen-bond donors (Lipinski definition) is 1. The molecule has 0 aliphatic carbocycles. The number of rotatable bonds is 4. The zero-order valence-electron chi connectivity index (χ0n) is 11.6. The van der Waals surface area contributed by atoms with Crippen LogP contribution in [-0.4, -0.2) is 35.1 Å². The summed E-state index contributed by atoms with van der Waals surface area (Å²) in [5.41, 5.74) is 1.37. The summed E-state index contributed by atoms with van der Waals surface area (Å²) in [4.78, 5) is 6.70. The predicted octanol–water partition coefficient (Wildman–Crippen LogP) is 2.43. The van der Waals surface area contributed by atoms with Gasteiger partial charge in [0, 0.05) is 37.6 Å². The zero-order chi connectivity index (χ0) is 12.8. The van der Waals surface area contributed by atoms with Crippen molar-refractivity contribution in [2.75, 3.05) is 13.1 Å². The van der Waals surface area contributed by atoms with Crippen LogP contribution in [0.2, 0.25) is 0 Å². The fourth-order valence-electron chi connectivity index (χ4n) is 2.69. The average Bonchev–Trinajstić information content (AvgIpc) is 2.54. The Kier molecular flexibility index (Phi) is 5.14. The van der Waals surface area contributed by atoms with Crippen molar-refractivity contribution in [2.45, 2.75) is 51.7 Å². The molecular formula is C15H25N3. The standard InChI is InChI=1S/C15H25N3/c1-3-4-15-12-18(13(2)5-10-17-15)11-14-6-8-16-9-7-14/h6-9,13,15,17H,3-5,10-12H2,1-2H3. The van der Waals surface area contributed by atoms with Crippen molar-refractivity contribution in [1.29, 1.82) is 0 Å². The lowest BCUT2D eigenvalue weighted by molar-refractivity contribution is 0.193. The van der Waals surface area contributed by atoms with E-state index in [1.807, 2.05) is 12.4 Å². The van der Waals surface area contributed by atoms with Crippen LogP contribution in [0.25, 0.3) is 0 Å². The highest BCUT2D eigenvalue weighted by Crippen LogP contribution is 2.15. The topological polar surface area (TPSA) is 28.2 Å². The van der Waals surface area contributed by atoms with Gasteiger partial charge in [-0.3, -0.25) is 9.88 Å². The molecule has 0 radical (unpaired) electrons. The fourth-order valence-corrected chi connectivity index (χ4v) is 2.69. The maximum absolute atomic E-state index is 4.09. The second-order valence-corrected chi connectivity index (χ2v) is 5.36. The van der Waals surface area contributed by atoms with E-state index in [1.54, 1.807) is 0 Å². The summed E-state index contributed by atoms with van der Waals surface area (Å²) in [5, 5.41) is 3.67. The molecule has 1 aliphatic rings. The summed E-state index contributed by atoms with van der Waals surface area (Å²) in [6.45, 7) is 7.97. The molecule has 0 aromatic carbocycles. The Morgan fingerprint density at radius 1 is 1.39 bits per heavy atom. The first-order valence-corrected chi connectivity index (χ1v) is 7.16. The van der Waals surface area contributed by atoms with Crippen molar-refractivity contribution < 1.29 is 0 Å². The van der Waals surface area contributed by atoms with E-state index < -0.39 is 0 Å². The lowest BCUT2D eigenvalue weighted by atomic mass is 10.1. The van der Waals surface area contributed by atoms with Crippen molar-refractivity contribution in [3.63, 3.8) is 0 Å². The van der Waals surface area contributed by atoms with Gasteiger partial charge in [0.15, 0.2) is 0 Å². The van der Waals surface area contributed by atoms with Gasteiger partial charge in [0.05, 0.1) is 0 Å². The summed E-state index contributed by atoms with van der Waals surface area (Å²) in [5.74, 6) is 0. The van der Waals surface area contributed by atoms with Crippen molar-refractivity contribution in [1.82, 2.24) is 15.2 Å². The third kappa shape index (κ3) is 3.79. The van der Waals surface area contributed by atoms with Crippen LogP contribution in [0.3, 0.4) is 0 Å². The second-order valence-electron chi connectivity index (χ2n) is 5.36. The Morgan fingerprint density at radius 3 is 2.89 bits per heavy atom. The molecule has 2 rings (SSSR count). The summed E-state index contributed by atoms with van der Waals surface area (Å²) < 4.78 is 0. The largest absolute Gasteiger partial charge is 0.313 e. The van der Waals surface area contributed by atoms with Gasteiger partial charge in [-0.2, -0.15) is 0 Å². The maximum Gasteiger partial charge on any atom is 0.0271 e. The van der Waals surface area contributed by atoms with Crippen LogP contribution in [0.1, 0.15) is 38.7 Å². The van der Waals surface area contributed by atoms with Gasteiger partial charge in [0.1, 0.15) is 0 Å². The Bertz CT molecular complexity index is 339. The van der Waals surface area contributed by atoms with Crippen LogP contribution in [0.4, 0.5) is 0 Å². The van der Waals surface area contributed by atoms with Crippen LogP contribution in [0.15, 0.2) is 24.5 Å². The molecule has 1 aromatic heterocycles. The highest BCUT2D eigenvalue weighted by molar-refractivity contribution is 5.09. The fraction of sp³-hybridized carbons (Fsp3) is 0.667. The monoisotopic (exact) mass is 247 g/mol. The molecule has 1 saturated heterocycles. The van der Waals surface area contributed by atoms with E-state index in [0.717, 1.165) is 19.6 Å². The average molecular weight is 247 g/mol. The number of aromatic nitrogens is 1. The third-order valence-corrected chi connectivity index (χ3v) is 3.85. The van der Waals surface area contributed by atoms with Crippen LogP contribution in [0.5, 0.6) is 0 Å². The van der Waals surface area contributed by atoms with Gasteiger partial charge in [-0.1, -0.05) is 13.3 Å². The molecule has 2 heterocycles. The third-order valence-electron chi connectivity index (χ3n) is 3.85. The van der Waals surface area contributed by atoms with Crippen LogP contribution in [-0.2, 0) is 6.54 Å². The first kappa shape index (κ1) is 13.5. The predicted molar refractivity (Wildman–Crippen MR) is 75.4 cm³/mol. The van der Waals surface area contributed by atoms with Gasteiger partial charge in [-0.15, -0.1) is 0 Å². The molecule has 0 bridgehead atoms. The smallest absolute Gasteiger partial charge is 0.0271 e. The lowest BCUT2D eigenvalue weighted by Gasteiger charge is -2.29. The Hall–Kier alpha value is -0.930. The molecule has 3 heteroatoms. The zero-order valence-corrected chi connectivity index (χ0v) is 11.6. The van der Waals surface area contributed by atoms with Gasteiger partial charge in [-0.25, -0.2) is 0 Å². The van der Waals surface area contributed by atoms with E-state index in [0.29, 0.717) is 12.1 Å². The van der Waals surface area contributed by atoms with Crippen LogP contribution < -0.4 is 5.32 Å². The molecule has 0 amide bonds. The molecule has 1 aromatic rings. The minimum Gasteiger partial charge on any atom is -0.313 e. The van der Waals surface area contributed by atoms with Crippen molar-refractivity contribution in [3.8, 4) is 0 Å². The van der Waals surface area contributed by atoms with E-state index in [4.69, 9.17) is 0 Å². The number of nitrogens with zero attached hydrogens (tertiary/aromatic N) is 2. The van der Waals surface area contributed by atoms with E-state index >= 15 is 0 Å². The first-order valence-electron chi connectivity index (χ1n) is 7.16. The lowest BCUT2D eigenvalue weighted by Crippen LogP contribution is -2.39. The summed E-state index contributed by atoms with van der Waals surface area (Å²) in [7, 11) is 0. The molecule has 2 unspecified atom stereocenters. The molecule has 18 heavy (non-hydrogen) atoms. The van der Waals surface area contributed by atoms with Crippen molar-refractivity contribution >= 4 is 0 Å². The highest BCUT2D eigenvalue weighted by Gasteiger charge is 2.22. The molecule has 0 saturated carbocycles. The Labute approximate surface area is 111 Å². The Balaban J connectivity index is 1.99. The van der Waals surface area contributed by atoms with Crippen molar-refractivity contribution in [3.05, 3.63) is 30.1 Å². The minimum absolute atomic E-state index is 0.654. The van der Waals surface area contributed by atoms with Gasteiger partial charge in [-0.05, 0) is 44.0 Å². The van der Waals surface area contributed by atoms with Crippen LogP contribution in [0, 0.1) is 0 Å².